The lowest BCUT2D eigenvalue weighted by Gasteiger charge is -2.22. The Labute approximate surface area is 212 Å². The number of aliphatic hydroxyl groups excluding tert-OH is 1. The van der Waals surface area contributed by atoms with Crippen LogP contribution in [-0.2, 0) is 9.59 Å². The van der Waals surface area contributed by atoms with Crippen molar-refractivity contribution in [1.82, 2.24) is 15.0 Å². The molecule has 10 heteroatoms. The van der Waals surface area contributed by atoms with Gasteiger partial charge in [0, 0.05) is 30.1 Å². The van der Waals surface area contributed by atoms with E-state index in [2.05, 4.69) is 15.0 Å². The maximum absolute atomic E-state index is 13.4. The highest BCUT2D eigenvalue weighted by molar-refractivity contribution is 6.51. The number of benzene rings is 2. The molecular formula is C27H24N4O6. The van der Waals surface area contributed by atoms with Gasteiger partial charge in [0.05, 0.1) is 44.0 Å². The zero-order valence-corrected chi connectivity index (χ0v) is 20.6. The largest absolute Gasteiger partial charge is 0.507 e. The van der Waals surface area contributed by atoms with Gasteiger partial charge >= 0.3 is 5.91 Å². The third-order valence-corrected chi connectivity index (χ3v) is 6.32. The maximum Gasteiger partial charge on any atom is 0.302 e. The molecule has 10 nitrogen and oxygen atoms in total. The molecule has 1 aliphatic heterocycles. The number of ketones is 1. The Kier molecular flexibility index (Phi) is 6.00. The lowest BCUT2D eigenvalue weighted by atomic mass is 9.96. The van der Waals surface area contributed by atoms with Crippen LogP contribution in [0, 0.1) is 6.92 Å². The topological polar surface area (TPSA) is 127 Å². The number of methoxy groups -OCH3 is 3. The number of hydrogen-bond acceptors (Lipinski definition) is 8. The number of ether oxygens (including phenoxy) is 3. The quantitative estimate of drug-likeness (QED) is 0.232. The summed E-state index contributed by atoms with van der Waals surface area (Å²) >= 11 is 0. The molecule has 2 aromatic heterocycles. The summed E-state index contributed by atoms with van der Waals surface area (Å²) in [5.74, 6) is -0.270. The number of aryl methyl sites for hydroxylation is 1. The summed E-state index contributed by atoms with van der Waals surface area (Å²) in [5, 5.41) is 11.3. The Morgan fingerprint density at radius 3 is 2.38 bits per heavy atom. The predicted molar refractivity (Wildman–Crippen MR) is 136 cm³/mol. The van der Waals surface area contributed by atoms with Crippen LogP contribution >= 0.6 is 0 Å². The van der Waals surface area contributed by atoms with Crippen molar-refractivity contribution in [3.05, 3.63) is 77.1 Å². The fourth-order valence-electron chi connectivity index (χ4n) is 4.52. The van der Waals surface area contributed by atoms with E-state index >= 15 is 0 Å². The predicted octanol–water partition coefficient (Wildman–Crippen LogP) is 3.92. The van der Waals surface area contributed by atoms with E-state index in [4.69, 9.17) is 14.2 Å². The Morgan fingerprint density at radius 1 is 1.00 bits per heavy atom. The number of H-pyrrole nitrogens is 1. The second-order valence-electron chi connectivity index (χ2n) is 8.42. The van der Waals surface area contributed by atoms with Crippen LogP contribution in [0.3, 0.4) is 0 Å². The van der Waals surface area contributed by atoms with Crippen molar-refractivity contribution >= 4 is 34.4 Å². The van der Waals surface area contributed by atoms with Crippen molar-refractivity contribution in [2.24, 2.45) is 0 Å². The van der Waals surface area contributed by atoms with Crippen LogP contribution in [0.2, 0.25) is 0 Å². The number of Topliss-reactive ketones (excluding diaryl/α,β-unsaturated/α-hetero) is 1. The molecule has 0 bridgehead atoms. The zero-order valence-electron chi connectivity index (χ0n) is 20.6. The molecule has 37 heavy (non-hydrogen) atoms. The molecule has 0 spiro atoms. The maximum atomic E-state index is 13.4. The minimum Gasteiger partial charge on any atom is -0.507 e. The van der Waals surface area contributed by atoms with Gasteiger partial charge in [0.2, 0.25) is 5.95 Å². The van der Waals surface area contributed by atoms with E-state index in [1.807, 2.05) is 6.92 Å². The number of nitrogens with zero attached hydrogens (tertiary/aromatic N) is 3. The van der Waals surface area contributed by atoms with Crippen molar-refractivity contribution < 1.29 is 28.9 Å². The number of pyridine rings is 1. The highest BCUT2D eigenvalue weighted by Crippen LogP contribution is 2.42. The van der Waals surface area contributed by atoms with Crippen molar-refractivity contribution in [1.29, 1.82) is 0 Å². The summed E-state index contributed by atoms with van der Waals surface area (Å²) in [4.78, 5) is 39.9. The standard InChI is InChI=1S/C27H24N4O6/c1-14-10-15(7-8-19(14)35-2)24(32)22-23(16-6-5-9-28-13-16)31(26(34)25(22)33)27-29-17-11-20(36-3)21(37-4)12-18(17)30-27/h5-13,23,32H,1-4H3,(H,29,30)/b24-22+. The van der Waals surface area contributed by atoms with Crippen molar-refractivity contribution in [2.45, 2.75) is 13.0 Å². The van der Waals surface area contributed by atoms with E-state index in [9.17, 15) is 14.7 Å². The number of nitrogens with one attached hydrogen (secondary N) is 1. The fourth-order valence-corrected chi connectivity index (χ4v) is 4.52. The number of carbonyl (C=O) groups is 2. The second kappa shape index (κ2) is 9.30. The van der Waals surface area contributed by atoms with Gasteiger partial charge < -0.3 is 24.3 Å². The molecule has 188 valence electrons. The molecule has 1 amide bonds. The highest BCUT2D eigenvalue weighted by atomic mass is 16.5. The monoisotopic (exact) mass is 500 g/mol. The van der Waals surface area contributed by atoms with Crippen LogP contribution in [0.15, 0.2) is 60.4 Å². The van der Waals surface area contributed by atoms with Crippen LogP contribution in [0.4, 0.5) is 5.95 Å². The first kappa shape index (κ1) is 23.9. The van der Waals surface area contributed by atoms with E-state index < -0.39 is 17.7 Å². The van der Waals surface area contributed by atoms with Gasteiger partial charge in [0.1, 0.15) is 11.5 Å². The van der Waals surface area contributed by atoms with E-state index in [1.165, 1.54) is 19.1 Å². The smallest absolute Gasteiger partial charge is 0.302 e. The summed E-state index contributed by atoms with van der Waals surface area (Å²) in [7, 11) is 4.58. The van der Waals surface area contributed by atoms with Gasteiger partial charge in [-0.3, -0.25) is 19.5 Å². The molecule has 2 aromatic carbocycles. The lowest BCUT2D eigenvalue weighted by Crippen LogP contribution is -2.30. The van der Waals surface area contributed by atoms with Crippen LogP contribution < -0.4 is 19.1 Å². The number of anilines is 1. The van der Waals surface area contributed by atoms with Crippen molar-refractivity contribution in [3.63, 3.8) is 0 Å². The summed E-state index contributed by atoms with van der Waals surface area (Å²) in [6.45, 7) is 1.82. The van der Waals surface area contributed by atoms with E-state index in [0.29, 0.717) is 39.4 Å². The summed E-state index contributed by atoms with van der Waals surface area (Å²) in [5.41, 5.74) is 2.68. The number of imidazole rings is 1. The number of aliphatic hydroxyl groups is 1. The molecule has 3 heterocycles. The van der Waals surface area contributed by atoms with Gasteiger partial charge in [-0.2, -0.15) is 0 Å². The average Bonchev–Trinajstić information content (AvgIpc) is 3.45. The van der Waals surface area contributed by atoms with Crippen LogP contribution in [0.1, 0.15) is 22.7 Å². The Bertz CT molecular complexity index is 1520. The molecule has 2 N–H and O–H groups in total. The average molecular weight is 501 g/mol. The molecule has 1 atom stereocenters. The minimum atomic E-state index is -0.972. The summed E-state index contributed by atoms with van der Waals surface area (Å²) in [6, 6.07) is 10.8. The number of carbonyl (C=O) groups excluding carboxylic acids is 2. The Balaban J connectivity index is 1.70. The minimum absolute atomic E-state index is 0.0711. The normalized spacial score (nSPS) is 16.9. The second-order valence-corrected chi connectivity index (χ2v) is 8.42. The SMILES string of the molecule is COc1ccc(/C(O)=C2\C(=O)C(=O)N(c3nc4cc(OC)c(OC)cc4[nH]3)C2c2cccnc2)cc1C. The third-order valence-electron chi connectivity index (χ3n) is 6.32. The molecule has 1 fully saturated rings. The number of fused-ring (bicyclic) bond motifs is 1. The van der Waals surface area contributed by atoms with Crippen LogP contribution in [-0.4, -0.2) is 53.1 Å². The van der Waals surface area contributed by atoms with Gasteiger partial charge in [-0.1, -0.05) is 6.07 Å². The van der Waals surface area contributed by atoms with Crippen LogP contribution in [0.25, 0.3) is 16.8 Å². The molecule has 1 saturated heterocycles. The van der Waals surface area contributed by atoms with Gasteiger partial charge in [0.15, 0.2) is 11.5 Å². The number of rotatable bonds is 6. The van der Waals surface area contributed by atoms with E-state index in [0.717, 1.165) is 5.56 Å². The zero-order chi connectivity index (χ0) is 26.3. The van der Waals surface area contributed by atoms with Gasteiger partial charge in [-0.15, -0.1) is 0 Å². The van der Waals surface area contributed by atoms with Gasteiger partial charge in [0.25, 0.3) is 5.78 Å². The lowest BCUT2D eigenvalue weighted by molar-refractivity contribution is -0.132. The molecule has 4 aromatic rings. The number of aromatic nitrogens is 3. The number of aromatic amines is 1. The summed E-state index contributed by atoms with van der Waals surface area (Å²) in [6.07, 6.45) is 3.13. The third kappa shape index (κ3) is 3.92. The van der Waals surface area contributed by atoms with Crippen molar-refractivity contribution in [3.8, 4) is 17.2 Å². The Hall–Kier alpha value is -4.86. The van der Waals surface area contributed by atoms with E-state index in [-0.39, 0.29) is 17.3 Å². The molecule has 5 rings (SSSR count). The molecule has 0 radical (unpaired) electrons. The molecule has 0 aliphatic carbocycles. The fraction of sp³-hybridized carbons (Fsp3) is 0.185. The highest BCUT2D eigenvalue weighted by Gasteiger charge is 2.48. The molecule has 0 saturated carbocycles. The first-order valence-corrected chi connectivity index (χ1v) is 11.4. The molecule has 1 aliphatic rings. The molecule has 1 unspecified atom stereocenters. The first-order chi connectivity index (χ1) is 17.9. The number of hydrogen-bond donors (Lipinski definition) is 2. The van der Waals surface area contributed by atoms with Gasteiger partial charge in [-0.05, 0) is 42.3 Å². The first-order valence-electron chi connectivity index (χ1n) is 11.4. The summed E-state index contributed by atoms with van der Waals surface area (Å²) < 4.78 is 16.0. The van der Waals surface area contributed by atoms with Gasteiger partial charge in [-0.25, -0.2) is 4.98 Å². The Morgan fingerprint density at radius 2 is 1.73 bits per heavy atom. The molecular weight excluding hydrogens is 476 g/mol. The van der Waals surface area contributed by atoms with Crippen molar-refractivity contribution in [2.75, 3.05) is 26.2 Å². The van der Waals surface area contributed by atoms with E-state index in [1.54, 1.807) is 62.0 Å². The number of amides is 1. The van der Waals surface area contributed by atoms with Crippen LogP contribution in [0.5, 0.6) is 17.2 Å².